The molecule has 16 heavy (non-hydrogen) atoms. The molecule has 0 aromatic carbocycles. The Bertz CT molecular complexity index is 228. The molecule has 0 aliphatic heterocycles. The molecule has 0 aliphatic rings. The fourth-order valence-electron chi connectivity index (χ4n) is 1.24. The van der Waals surface area contributed by atoms with Crippen molar-refractivity contribution in [3.05, 3.63) is 0 Å². The number of aliphatic carboxylic acids is 1. The summed E-state index contributed by atoms with van der Waals surface area (Å²) in [7, 11) is 0. The van der Waals surface area contributed by atoms with E-state index in [0.717, 1.165) is 6.42 Å². The highest BCUT2D eigenvalue weighted by Gasteiger charge is 2.15. The second-order valence-electron chi connectivity index (χ2n) is 4.22. The average Bonchev–Trinajstić information content (AvgIpc) is 2.14. The van der Waals surface area contributed by atoms with E-state index in [0.29, 0.717) is 13.0 Å². The number of rotatable bonds is 7. The lowest BCUT2D eigenvalue weighted by Gasteiger charge is -2.16. The number of alkyl carbamates (subject to hydrolysis) is 1. The summed E-state index contributed by atoms with van der Waals surface area (Å²) >= 11 is 0. The molecule has 0 fully saturated rings. The van der Waals surface area contributed by atoms with Gasteiger partial charge in [-0.05, 0) is 12.3 Å². The van der Waals surface area contributed by atoms with Crippen LogP contribution < -0.4 is 5.32 Å². The van der Waals surface area contributed by atoms with Gasteiger partial charge in [-0.25, -0.2) is 4.79 Å². The molecule has 0 saturated heterocycles. The van der Waals surface area contributed by atoms with E-state index in [1.54, 1.807) is 0 Å². The van der Waals surface area contributed by atoms with Crippen LogP contribution in [0.15, 0.2) is 0 Å². The van der Waals surface area contributed by atoms with Crippen LogP contribution in [0.25, 0.3) is 0 Å². The van der Waals surface area contributed by atoms with E-state index in [-0.39, 0.29) is 18.4 Å². The number of nitrogens with one attached hydrogen (secondary N) is 1. The van der Waals surface area contributed by atoms with Crippen LogP contribution in [0.4, 0.5) is 4.79 Å². The molecule has 5 heteroatoms. The van der Waals surface area contributed by atoms with Gasteiger partial charge in [-0.1, -0.05) is 27.2 Å². The standard InChI is InChI=1S/C11H21NO4/c1-4-5-9(6-10(13)14)12-11(15)16-7-8(2)3/h8-9H,4-7H2,1-3H3,(H,12,15)(H,13,14). The molecule has 0 saturated carbocycles. The van der Waals surface area contributed by atoms with E-state index >= 15 is 0 Å². The molecule has 0 rings (SSSR count). The maximum atomic E-state index is 11.3. The molecule has 0 aliphatic carbocycles. The van der Waals surface area contributed by atoms with Crippen LogP contribution in [0.1, 0.15) is 40.0 Å². The maximum Gasteiger partial charge on any atom is 0.407 e. The molecule has 5 nitrogen and oxygen atoms in total. The molecule has 1 atom stereocenters. The summed E-state index contributed by atoms with van der Waals surface area (Å²) in [6, 6.07) is -0.345. The first-order valence-corrected chi connectivity index (χ1v) is 5.60. The number of carboxylic acid groups (broad SMARTS) is 1. The molecule has 0 spiro atoms. The highest BCUT2D eigenvalue weighted by molar-refractivity contribution is 5.71. The Balaban J connectivity index is 3.97. The highest BCUT2D eigenvalue weighted by Crippen LogP contribution is 2.03. The first-order valence-electron chi connectivity index (χ1n) is 5.60. The zero-order valence-electron chi connectivity index (χ0n) is 10.2. The third-order valence-electron chi connectivity index (χ3n) is 1.93. The van der Waals surface area contributed by atoms with Crippen LogP contribution in [0.3, 0.4) is 0 Å². The van der Waals surface area contributed by atoms with Crippen molar-refractivity contribution >= 4 is 12.1 Å². The van der Waals surface area contributed by atoms with Crippen LogP contribution in [0.2, 0.25) is 0 Å². The van der Waals surface area contributed by atoms with Gasteiger partial charge in [-0.15, -0.1) is 0 Å². The number of hydrogen-bond acceptors (Lipinski definition) is 3. The molecule has 1 amide bonds. The SMILES string of the molecule is CCCC(CC(=O)O)NC(=O)OCC(C)C. The summed E-state index contributed by atoms with van der Waals surface area (Å²) in [5, 5.41) is 11.2. The second kappa shape index (κ2) is 7.96. The van der Waals surface area contributed by atoms with Gasteiger partial charge in [-0.2, -0.15) is 0 Å². The van der Waals surface area contributed by atoms with E-state index in [9.17, 15) is 9.59 Å². The van der Waals surface area contributed by atoms with Gasteiger partial charge in [0.2, 0.25) is 0 Å². The van der Waals surface area contributed by atoms with Crippen molar-refractivity contribution in [2.45, 2.75) is 46.1 Å². The number of carbonyl (C=O) groups is 2. The van der Waals surface area contributed by atoms with E-state index < -0.39 is 12.1 Å². The first-order chi connectivity index (χ1) is 7.45. The quantitative estimate of drug-likeness (QED) is 0.702. The van der Waals surface area contributed by atoms with Crippen molar-refractivity contribution < 1.29 is 19.4 Å². The largest absolute Gasteiger partial charge is 0.481 e. The lowest BCUT2D eigenvalue weighted by molar-refractivity contribution is -0.137. The van der Waals surface area contributed by atoms with Crippen molar-refractivity contribution in [1.29, 1.82) is 0 Å². The summed E-state index contributed by atoms with van der Waals surface area (Å²) in [5.41, 5.74) is 0. The fraction of sp³-hybridized carbons (Fsp3) is 0.818. The lowest BCUT2D eigenvalue weighted by Crippen LogP contribution is -2.37. The zero-order valence-corrected chi connectivity index (χ0v) is 10.2. The Morgan fingerprint density at radius 3 is 2.44 bits per heavy atom. The van der Waals surface area contributed by atoms with Gasteiger partial charge in [0.05, 0.1) is 13.0 Å². The van der Waals surface area contributed by atoms with Gasteiger partial charge in [0.25, 0.3) is 0 Å². The van der Waals surface area contributed by atoms with Gasteiger partial charge in [0, 0.05) is 6.04 Å². The minimum absolute atomic E-state index is 0.0649. The lowest BCUT2D eigenvalue weighted by atomic mass is 10.1. The third-order valence-corrected chi connectivity index (χ3v) is 1.93. The minimum Gasteiger partial charge on any atom is -0.481 e. The highest BCUT2D eigenvalue weighted by atomic mass is 16.5. The van der Waals surface area contributed by atoms with Gasteiger partial charge >= 0.3 is 12.1 Å². The molecular formula is C11H21NO4. The normalized spacial score (nSPS) is 12.2. The minimum atomic E-state index is -0.914. The van der Waals surface area contributed by atoms with Crippen LogP contribution in [-0.4, -0.2) is 29.8 Å². The van der Waals surface area contributed by atoms with Gasteiger partial charge in [-0.3, -0.25) is 4.79 Å². The van der Waals surface area contributed by atoms with Gasteiger partial charge in [0.1, 0.15) is 0 Å². The van der Waals surface area contributed by atoms with Crippen LogP contribution in [-0.2, 0) is 9.53 Å². The second-order valence-corrected chi connectivity index (χ2v) is 4.22. The summed E-state index contributed by atoms with van der Waals surface area (Å²) in [6.45, 7) is 6.16. The topological polar surface area (TPSA) is 75.6 Å². The van der Waals surface area contributed by atoms with Gasteiger partial charge in [0.15, 0.2) is 0 Å². The van der Waals surface area contributed by atoms with Crippen molar-refractivity contribution in [3.8, 4) is 0 Å². The molecule has 0 heterocycles. The molecule has 94 valence electrons. The van der Waals surface area contributed by atoms with E-state index in [4.69, 9.17) is 9.84 Å². The van der Waals surface area contributed by atoms with Crippen molar-refractivity contribution in [1.82, 2.24) is 5.32 Å². The summed E-state index contributed by atoms with van der Waals surface area (Å²) in [6.07, 6.45) is 0.865. The Morgan fingerprint density at radius 1 is 1.38 bits per heavy atom. The van der Waals surface area contributed by atoms with Crippen molar-refractivity contribution in [3.63, 3.8) is 0 Å². The predicted molar refractivity (Wildman–Crippen MR) is 60.3 cm³/mol. The summed E-state index contributed by atoms with van der Waals surface area (Å²) < 4.78 is 4.92. The molecule has 2 N–H and O–H groups in total. The molecule has 0 radical (unpaired) electrons. The smallest absolute Gasteiger partial charge is 0.407 e. The number of hydrogen-bond donors (Lipinski definition) is 2. The Labute approximate surface area is 96.2 Å². The van der Waals surface area contributed by atoms with Crippen LogP contribution in [0, 0.1) is 5.92 Å². The summed E-state index contributed by atoms with van der Waals surface area (Å²) in [5.74, 6) is -0.641. The fourth-order valence-corrected chi connectivity index (χ4v) is 1.24. The molecular weight excluding hydrogens is 210 g/mol. The van der Waals surface area contributed by atoms with Crippen LogP contribution in [0.5, 0.6) is 0 Å². The number of carbonyl (C=O) groups excluding carboxylic acids is 1. The monoisotopic (exact) mass is 231 g/mol. The summed E-state index contributed by atoms with van der Waals surface area (Å²) in [4.78, 5) is 21.8. The van der Waals surface area contributed by atoms with E-state index in [1.807, 2.05) is 20.8 Å². The molecule has 0 aromatic heterocycles. The average molecular weight is 231 g/mol. The molecule has 1 unspecified atom stereocenters. The predicted octanol–water partition coefficient (Wildman–Crippen LogP) is 2.01. The van der Waals surface area contributed by atoms with Crippen molar-refractivity contribution in [2.75, 3.05) is 6.61 Å². The number of carboxylic acids is 1. The zero-order chi connectivity index (χ0) is 12.6. The molecule has 0 aromatic rings. The Kier molecular flexibility index (Phi) is 7.33. The number of ether oxygens (including phenoxy) is 1. The maximum absolute atomic E-state index is 11.3. The van der Waals surface area contributed by atoms with Crippen LogP contribution >= 0.6 is 0 Å². The van der Waals surface area contributed by atoms with E-state index in [1.165, 1.54) is 0 Å². The Hall–Kier alpha value is -1.26. The van der Waals surface area contributed by atoms with Gasteiger partial charge < -0.3 is 15.2 Å². The third kappa shape index (κ3) is 8.08. The molecule has 0 bridgehead atoms. The van der Waals surface area contributed by atoms with E-state index in [2.05, 4.69) is 5.32 Å². The van der Waals surface area contributed by atoms with Crippen molar-refractivity contribution in [2.24, 2.45) is 5.92 Å². The first kappa shape index (κ1) is 14.7. The number of amides is 1. The Morgan fingerprint density at radius 2 is 2.00 bits per heavy atom.